The van der Waals surface area contributed by atoms with E-state index in [4.69, 9.17) is 0 Å². The van der Waals surface area contributed by atoms with E-state index >= 15 is 0 Å². The van der Waals surface area contributed by atoms with Crippen LogP contribution in [0.3, 0.4) is 0 Å². The van der Waals surface area contributed by atoms with Crippen LogP contribution in [0, 0.1) is 0 Å². The number of rotatable bonds is 3. The number of thiazole rings is 1. The quantitative estimate of drug-likeness (QED) is 0.635. The number of esters is 1. The number of nitrogens with one attached hydrogen (secondary N) is 1. The van der Waals surface area contributed by atoms with Gasteiger partial charge in [-0.2, -0.15) is 0 Å². The van der Waals surface area contributed by atoms with Crippen LogP contribution in [0.1, 0.15) is 25.8 Å². The SMILES string of the molecule is CCOC(=O)C(=O)NC(C)(C)c1nccs1. The zero-order valence-electron chi connectivity index (χ0n) is 9.44. The van der Waals surface area contributed by atoms with E-state index in [0.717, 1.165) is 5.01 Å². The van der Waals surface area contributed by atoms with Crippen LogP contribution in [-0.4, -0.2) is 23.5 Å². The molecule has 0 atom stereocenters. The van der Waals surface area contributed by atoms with Crippen LogP contribution in [0.5, 0.6) is 0 Å². The van der Waals surface area contributed by atoms with Gasteiger partial charge in [0.25, 0.3) is 0 Å². The minimum absolute atomic E-state index is 0.184. The standard InChI is InChI=1S/C10H14N2O3S/c1-4-15-8(14)7(13)12-10(2,3)9-11-5-6-16-9/h5-6H,4H2,1-3H3,(H,12,13). The summed E-state index contributed by atoms with van der Waals surface area (Å²) >= 11 is 1.42. The van der Waals surface area contributed by atoms with Gasteiger partial charge in [0.1, 0.15) is 5.01 Å². The maximum atomic E-state index is 11.4. The predicted octanol–water partition coefficient (Wildman–Crippen LogP) is 1.06. The largest absolute Gasteiger partial charge is 0.459 e. The Morgan fingerprint density at radius 3 is 2.75 bits per heavy atom. The van der Waals surface area contributed by atoms with Gasteiger partial charge in [0.2, 0.25) is 0 Å². The fourth-order valence-electron chi connectivity index (χ4n) is 1.12. The van der Waals surface area contributed by atoms with Crippen molar-refractivity contribution in [3.05, 3.63) is 16.6 Å². The van der Waals surface area contributed by atoms with Gasteiger partial charge in [-0.15, -0.1) is 11.3 Å². The molecule has 0 saturated heterocycles. The number of amides is 1. The lowest BCUT2D eigenvalue weighted by atomic mass is 10.1. The van der Waals surface area contributed by atoms with E-state index in [1.54, 1.807) is 27.0 Å². The summed E-state index contributed by atoms with van der Waals surface area (Å²) in [6, 6.07) is 0. The van der Waals surface area contributed by atoms with Crippen molar-refractivity contribution in [1.82, 2.24) is 10.3 Å². The highest BCUT2D eigenvalue weighted by molar-refractivity contribution is 7.09. The summed E-state index contributed by atoms with van der Waals surface area (Å²) in [7, 11) is 0. The maximum Gasteiger partial charge on any atom is 0.396 e. The Morgan fingerprint density at radius 2 is 2.25 bits per heavy atom. The van der Waals surface area contributed by atoms with Crippen LogP contribution in [-0.2, 0) is 19.9 Å². The Kier molecular flexibility index (Phi) is 4.00. The highest BCUT2D eigenvalue weighted by atomic mass is 32.1. The minimum atomic E-state index is -0.868. The number of hydrogen-bond donors (Lipinski definition) is 1. The molecular weight excluding hydrogens is 228 g/mol. The number of ether oxygens (including phenoxy) is 1. The molecule has 1 aromatic heterocycles. The van der Waals surface area contributed by atoms with Crippen molar-refractivity contribution in [1.29, 1.82) is 0 Å². The summed E-state index contributed by atoms with van der Waals surface area (Å²) in [6.07, 6.45) is 1.65. The van der Waals surface area contributed by atoms with Gasteiger partial charge in [-0.3, -0.25) is 4.79 Å². The van der Waals surface area contributed by atoms with E-state index in [2.05, 4.69) is 15.0 Å². The summed E-state index contributed by atoms with van der Waals surface area (Å²) in [6.45, 7) is 5.40. The molecule has 1 rings (SSSR count). The van der Waals surface area contributed by atoms with E-state index in [1.807, 2.05) is 5.38 Å². The Hall–Kier alpha value is -1.43. The molecule has 0 aliphatic heterocycles. The van der Waals surface area contributed by atoms with Gasteiger partial charge in [-0.1, -0.05) is 0 Å². The third-order valence-electron chi connectivity index (χ3n) is 1.85. The predicted molar refractivity (Wildman–Crippen MR) is 59.9 cm³/mol. The lowest BCUT2D eigenvalue weighted by Gasteiger charge is -2.22. The molecule has 0 spiro atoms. The maximum absolute atomic E-state index is 11.4. The van der Waals surface area contributed by atoms with Gasteiger partial charge in [0, 0.05) is 11.6 Å². The number of nitrogens with zero attached hydrogens (tertiary/aromatic N) is 1. The van der Waals surface area contributed by atoms with Crippen LogP contribution < -0.4 is 5.32 Å². The molecule has 0 fully saturated rings. The summed E-state index contributed by atoms with van der Waals surface area (Å²) in [5.74, 6) is -1.62. The first-order valence-electron chi connectivity index (χ1n) is 4.86. The Balaban J connectivity index is 2.66. The molecule has 0 saturated carbocycles. The Bertz CT molecular complexity index is 373. The van der Waals surface area contributed by atoms with Crippen LogP contribution >= 0.6 is 11.3 Å². The molecule has 1 heterocycles. The first-order valence-corrected chi connectivity index (χ1v) is 5.74. The Labute approximate surface area is 97.8 Å². The third kappa shape index (κ3) is 3.03. The highest BCUT2D eigenvalue weighted by Crippen LogP contribution is 2.21. The van der Waals surface area contributed by atoms with Crippen molar-refractivity contribution in [3.63, 3.8) is 0 Å². The number of aromatic nitrogens is 1. The van der Waals surface area contributed by atoms with Gasteiger partial charge in [0.15, 0.2) is 0 Å². The van der Waals surface area contributed by atoms with Crippen molar-refractivity contribution in [2.75, 3.05) is 6.61 Å². The van der Waals surface area contributed by atoms with E-state index in [9.17, 15) is 9.59 Å². The monoisotopic (exact) mass is 242 g/mol. The van der Waals surface area contributed by atoms with E-state index in [1.165, 1.54) is 11.3 Å². The van der Waals surface area contributed by atoms with Crippen molar-refractivity contribution >= 4 is 23.2 Å². The molecule has 0 radical (unpaired) electrons. The fraction of sp³-hybridized carbons (Fsp3) is 0.500. The summed E-state index contributed by atoms with van der Waals surface area (Å²) in [4.78, 5) is 26.7. The first kappa shape index (κ1) is 12.6. The highest BCUT2D eigenvalue weighted by Gasteiger charge is 2.28. The summed E-state index contributed by atoms with van der Waals surface area (Å²) in [5, 5.41) is 5.13. The van der Waals surface area contributed by atoms with Crippen molar-refractivity contribution in [2.24, 2.45) is 0 Å². The molecule has 1 N–H and O–H groups in total. The minimum Gasteiger partial charge on any atom is -0.459 e. The van der Waals surface area contributed by atoms with Gasteiger partial charge in [-0.05, 0) is 20.8 Å². The van der Waals surface area contributed by atoms with Crippen LogP contribution in [0.25, 0.3) is 0 Å². The third-order valence-corrected chi connectivity index (χ3v) is 2.95. The molecular formula is C10H14N2O3S. The average Bonchev–Trinajstić information content (AvgIpc) is 2.70. The zero-order valence-corrected chi connectivity index (χ0v) is 10.3. The summed E-state index contributed by atoms with van der Waals surface area (Å²) < 4.78 is 4.60. The second-order valence-corrected chi connectivity index (χ2v) is 4.53. The number of carbonyl (C=O) groups is 2. The lowest BCUT2D eigenvalue weighted by molar-refractivity contribution is -0.155. The second-order valence-electron chi connectivity index (χ2n) is 3.64. The van der Waals surface area contributed by atoms with Crippen molar-refractivity contribution in [3.8, 4) is 0 Å². The van der Waals surface area contributed by atoms with E-state index in [0.29, 0.717) is 0 Å². The molecule has 0 bridgehead atoms. The molecule has 6 heteroatoms. The average molecular weight is 242 g/mol. The van der Waals surface area contributed by atoms with Crippen LogP contribution in [0.2, 0.25) is 0 Å². The topological polar surface area (TPSA) is 68.3 Å². The number of carbonyl (C=O) groups excluding carboxylic acids is 2. The van der Waals surface area contributed by atoms with Gasteiger partial charge in [0.05, 0.1) is 12.1 Å². The van der Waals surface area contributed by atoms with Crippen LogP contribution in [0.15, 0.2) is 11.6 Å². The molecule has 1 amide bonds. The molecule has 1 aromatic rings. The molecule has 0 aromatic carbocycles. The zero-order chi connectivity index (χ0) is 12.2. The molecule has 88 valence electrons. The Morgan fingerprint density at radius 1 is 1.56 bits per heavy atom. The van der Waals surface area contributed by atoms with Crippen molar-refractivity contribution in [2.45, 2.75) is 26.3 Å². The molecule has 0 aliphatic carbocycles. The molecule has 0 unspecified atom stereocenters. The van der Waals surface area contributed by atoms with E-state index in [-0.39, 0.29) is 6.61 Å². The van der Waals surface area contributed by atoms with Crippen molar-refractivity contribution < 1.29 is 14.3 Å². The normalized spacial score (nSPS) is 10.9. The molecule has 16 heavy (non-hydrogen) atoms. The number of hydrogen-bond acceptors (Lipinski definition) is 5. The molecule has 0 aliphatic rings. The van der Waals surface area contributed by atoms with Crippen LogP contribution in [0.4, 0.5) is 0 Å². The summed E-state index contributed by atoms with van der Waals surface area (Å²) in [5.41, 5.74) is -0.669. The second kappa shape index (κ2) is 5.07. The van der Waals surface area contributed by atoms with Gasteiger partial charge in [-0.25, -0.2) is 9.78 Å². The smallest absolute Gasteiger partial charge is 0.396 e. The van der Waals surface area contributed by atoms with Gasteiger partial charge >= 0.3 is 11.9 Å². The van der Waals surface area contributed by atoms with Gasteiger partial charge < -0.3 is 10.1 Å². The molecule has 5 nitrogen and oxygen atoms in total. The first-order chi connectivity index (χ1) is 7.47. The fourth-order valence-corrected chi connectivity index (χ4v) is 1.84. The lowest BCUT2D eigenvalue weighted by Crippen LogP contribution is -2.44. The van der Waals surface area contributed by atoms with E-state index < -0.39 is 17.4 Å².